The molecule has 0 fully saturated rings. The molecule has 3 heterocycles. The van der Waals surface area contributed by atoms with Gasteiger partial charge >= 0.3 is 5.69 Å². The van der Waals surface area contributed by atoms with Gasteiger partial charge in [0.05, 0.1) is 6.20 Å². The molecular weight excluding hydrogens is 196 g/mol. The van der Waals surface area contributed by atoms with Crippen molar-refractivity contribution in [1.82, 2.24) is 29.9 Å². The molecule has 3 aromatic rings. The summed E-state index contributed by atoms with van der Waals surface area (Å²) in [6.45, 7) is 0. The third-order valence-electron chi connectivity index (χ3n) is 1.88. The summed E-state index contributed by atoms with van der Waals surface area (Å²) in [5.41, 5.74) is 1.22. The molecule has 0 unspecified atom stereocenters. The monoisotopic (exact) mass is 200 g/mol. The van der Waals surface area contributed by atoms with Crippen molar-refractivity contribution in [3.05, 3.63) is 29.1 Å². The van der Waals surface area contributed by atoms with Crippen LogP contribution in [0.5, 0.6) is 0 Å². The van der Waals surface area contributed by atoms with Gasteiger partial charge in [-0.2, -0.15) is 4.98 Å². The molecule has 0 radical (unpaired) electrons. The van der Waals surface area contributed by atoms with Crippen molar-refractivity contribution < 1.29 is 0 Å². The average molecular weight is 200 g/mol. The molecule has 3 rings (SSSR count). The third-order valence-corrected chi connectivity index (χ3v) is 1.88. The molecule has 0 saturated heterocycles. The molecule has 72 valence electrons. The number of aromatic nitrogens is 6. The van der Waals surface area contributed by atoms with Gasteiger partial charge in [-0.25, -0.2) is 24.7 Å². The highest BCUT2D eigenvalue weighted by atomic mass is 16.1. The molecular formula is C8H4N6O. The van der Waals surface area contributed by atoms with Gasteiger partial charge in [-0.3, -0.25) is 4.98 Å². The average Bonchev–Trinajstić information content (AvgIpc) is 2.26. The Morgan fingerprint density at radius 2 is 1.73 bits per heavy atom. The summed E-state index contributed by atoms with van der Waals surface area (Å²) in [5, 5.41) is 0. The van der Waals surface area contributed by atoms with E-state index in [1.165, 1.54) is 18.6 Å². The topological polar surface area (TPSA) is 97.3 Å². The molecule has 0 aliphatic rings. The second-order valence-electron chi connectivity index (χ2n) is 2.85. The first kappa shape index (κ1) is 7.92. The SMILES string of the molecule is O=c1ncc2nc3nccnc3nc2[nH]1. The summed E-state index contributed by atoms with van der Waals surface area (Å²) in [7, 11) is 0. The van der Waals surface area contributed by atoms with Crippen molar-refractivity contribution in [2.75, 3.05) is 0 Å². The van der Waals surface area contributed by atoms with Crippen molar-refractivity contribution in [2.45, 2.75) is 0 Å². The Morgan fingerprint density at radius 3 is 2.53 bits per heavy atom. The number of nitrogens with one attached hydrogen (secondary N) is 1. The molecule has 7 heteroatoms. The Kier molecular flexibility index (Phi) is 1.46. The minimum absolute atomic E-state index is 0.364. The molecule has 0 bridgehead atoms. The largest absolute Gasteiger partial charge is 0.346 e. The number of hydrogen-bond acceptors (Lipinski definition) is 6. The lowest BCUT2D eigenvalue weighted by molar-refractivity contribution is 1.08. The molecule has 0 aliphatic heterocycles. The van der Waals surface area contributed by atoms with Gasteiger partial charge in [0, 0.05) is 12.4 Å². The number of H-pyrrole nitrogens is 1. The van der Waals surface area contributed by atoms with Gasteiger partial charge in [0.15, 0.2) is 16.9 Å². The van der Waals surface area contributed by atoms with E-state index in [1.54, 1.807) is 0 Å². The van der Waals surface area contributed by atoms with Gasteiger partial charge < -0.3 is 0 Å². The quantitative estimate of drug-likeness (QED) is 0.498. The van der Waals surface area contributed by atoms with Crippen LogP contribution >= 0.6 is 0 Å². The fraction of sp³-hybridized carbons (Fsp3) is 0. The van der Waals surface area contributed by atoms with E-state index in [0.717, 1.165) is 0 Å². The smallest absolute Gasteiger partial charge is 0.288 e. The van der Waals surface area contributed by atoms with Gasteiger partial charge in [0.1, 0.15) is 5.52 Å². The van der Waals surface area contributed by atoms with Crippen molar-refractivity contribution in [2.24, 2.45) is 0 Å². The van der Waals surface area contributed by atoms with Gasteiger partial charge in [-0.15, -0.1) is 0 Å². The molecule has 0 aromatic carbocycles. The van der Waals surface area contributed by atoms with E-state index in [1.807, 2.05) is 0 Å². The van der Waals surface area contributed by atoms with Crippen LogP contribution in [0.15, 0.2) is 23.4 Å². The second-order valence-corrected chi connectivity index (χ2v) is 2.85. The summed E-state index contributed by atoms with van der Waals surface area (Å²) >= 11 is 0. The summed E-state index contributed by atoms with van der Waals surface area (Å²) in [5.74, 6) is 0. The summed E-state index contributed by atoms with van der Waals surface area (Å²) < 4.78 is 0. The molecule has 1 N–H and O–H groups in total. The lowest BCUT2D eigenvalue weighted by atomic mass is 10.5. The Balaban J connectivity index is 2.53. The van der Waals surface area contributed by atoms with E-state index in [4.69, 9.17) is 0 Å². The van der Waals surface area contributed by atoms with E-state index in [2.05, 4.69) is 29.9 Å². The number of hydrogen-bond donors (Lipinski definition) is 1. The van der Waals surface area contributed by atoms with Gasteiger partial charge in [0.25, 0.3) is 0 Å². The van der Waals surface area contributed by atoms with Crippen LogP contribution in [0.3, 0.4) is 0 Å². The minimum atomic E-state index is -0.458. The molecule has 7 nitrogen and oxygen atoms in total. The van der Waals surface area contributed by atoms with Crippen LogP contribution in [0.2, 0.25) is 0 Å². The van der Waals surface area contributed by atoms with E-state index < -0.39 is 5.69 Å². The first-order valence-electron chi connectivity index (χ1n) is 4.17. The molecule has 0 atom stereocenters. The Hall–Kier alpha value is -2.44. The van der Waals surface area contributed by atoms with Crippen LogP contribution in [0.25, 0.3) is 22.5 Å². The third kappa shape index (κ3) is 1.21. The van der Waals surface area contributed by atoms with E-state index >= 15 is 0 Å². The molecule has 3 aromatic heterocycles. The molecule has 0 saturated carbocycles. The predicted octanol–water partition coefficient (Wildman–Crippen LogP) is -0.344. The molecule has 0 aliphatic carbocycles. The lowest BCUT2D eigenvalue weighted by Gasteiger charge is -1.96. The first-order valence-corrected chi connectivity index (χ1v) is 4.17. The number of rotatable bonds is 0. The van der Waals surface area contributed by atoms with Crippen molar-refractivity contribution in [1.29, 1.82) is 0 Å². The number of aromatic amines is 1. The first-order chi connectivity index (χ1) is 7.33. The van der Waals surface area contributed by atoms with Crippen molar-refractivity contribution >= 4 is 22.5 Å². The highest BCUT2D eigenvalue weighted by Crippen LogP contribution is 2.07. The Bertz CT molecular complexity index is 706. The van der Waals surface area contributed by atoms with E-state index in [9.17, 15) is 4.79 Å². The van der Waals surface area contributed by atoms with Crippen LogP contribution in [0.1, 0.15) is 0 Å². The maximum Gasteiger partial charge on any atom is 0.346 e. The zero-order valence-corrected chi connectivity index (χ0v) is 7.38. The zero-order valence-electron chi connectivity index (χ0n) is 7.38. The van der Waals surface area contributed by atoms with Gasteiger partial charge in [-0.05, 0) is 0 Å². The minimum Gasteiger partial charge on any atom is -0.288 e. The van der Waals surface area contributed by atoms with Crippen LogP contribution in [-0.4, -0.2) is 29.9 Å². The molecule has 0 amide bonds. The normalized spacial score (nSPS) is 10.9. The summed E-state index contributed by atoms with van der Waals surface area (Å²) in [6.07, 6.45) is 4.40. The Labute approximate surface area is 82.3 Å². The van der Waals surface area contributed by atoms with E-state index in [-0.39, 0.29) is 0 Å². The van der Waals surface area contributed by atoms with Crippen LogP contribution in [0.4, 0.5) is 0 Å². The van der Waals surface area contributed by atoms with Crippen LogP contribution < -0.4 is 5.69 Å². The van der Waals surface area contributed by atoms with Gasteiger partial charge in [0.2, 0.25) is 0 Å². The fourth-order valence-corrected chi connectivity index (χ4v) is 1.25. The zero-order chi connectivity index (χ0) is 10.3. The highest BCUT2D eigenvalue weighted by Gasteiger charge is 2.03. The predicted molar refractivity (Wildman–Crippen MR) is 51.0 cm³/mol. The number of nitrogens with zero attached hydrogens (tertiary/aromatic N) is 5. The van der Waals surface area contributed by atoms with Crippen LogP contribution in [0, 0.1) is 0 Å². The lowest BCUT2D eigenvalue weighted by Crippen LogP contribution is -2.10. The van der Waals surface area contributed by atoms with Crippen LogP contribution in [-0.2, 0) is 0 Å². The summed E-state index contributed by atoms with van der Waals surface area (Å²) in [6, 6.07) is 0. The Morgan fingerprint density at radius 1 is 1.00 bits per heavy atom. The summed E-state index contributed by atoms with van der Waals surface area (Å²) in [4.78, 5) is 33.2. The van der Waals surface area contributed by atoms with Gasteiger partial charge in [-0.1, -0.05) is 0 Å². The maximum atomic E-state index is 10.9. The van der Waals surface area contributed by atoms with Crippen molar-refractivity contribution in [3.8, 4) is 0 Å². The second kappa shape index (κ2) is 2.77. The molecule has 0 spiro atoms. The number of fused-ring (bicyclic) bond motifs is 2. The fourth-order valence-electron chi connectivity index (χ4n) is 1.25. The highest BCUT2D eigenvalue weighted by molar-refractivity contribution is 5.78. The molecule has 15 heavy (non-hydrogen) atoms. The van der Waals surface area contributed by atoms with E-state index in [0.29, 0.717) is 22.5 Å². The van der Waals surface area contributed by atoms with Crippen molar-refractivity contribution in [3.63, 3.8) is 0 Å². The standard InChI is InChI=1S/C8H4N6O/c15-8-11-3-4-5(14-8)13-7-6(12-4)9-1-2-10-7/h1-3H,(H,10,11,13,14,15). The maximum absolute atomic E-state index is 10.9.